The number of H-pyrrole nitrogens is 1. The molecule has 0 aliphatic carbocycles. The lowest BCUT2D eigenvalue weighted by Gasteiger charge is -2.12. The van der Waals surface area contributed by atoms with Crippen LogP contribution in [0.1, 0.15) is 30.5 Å². The lowest BCUT2D eigenvalue weighted by Crippen LogP contribution is -2.26. The fraction of sp³-hybridized carbons (Fsp3) is 0.286. The standard InChI is InChI=1S/C14H18N4O/c1-10(12-8-16-17-9-12)18-14(19)7-6-11-4-2-3-5-13(11)15/h2-5,8-10H,6-7,15H2,1H3,(H,16,17)(H,18,19). The van der Waals surface area contributed by atoms with Gasteiger partial charge in [-0.25, -0.2) is 0 Å². The van der Waals surface area contributed by atoms with Crippen LogP contribution in [-0.4, -0.2) is 16.1 Å². The largest absolute Gasteiger partial charge is 0.399 e. The molecule has 0 aliphatic rings. The maximum absolute atomic E-state index is 11.9. The number of nitrogens with zero attached hydrogens (tertiary/aromatic N) is 1. The zero-order valence-corrected chi connectivity index (χ0v) is 10.9. The van der Waals surface area contributed by atoms with Crippen LogP contribution in [0.5, 0.6) is 0 Å². The van der Waals surface area contributed by atoms with Gasteiger partial charge in [0.05, 0.1) is 12.2 Å². The number of anilines is 1. The Balaban J connectivity index is 1.84. The number of aromatic amines is 1. The van der Waals surface area contributed by atoms with Crippen LogP contribution >= 0.6 is 0 Å². The predicted octanol–water partition coefficient (Wildman–Crippen LogP) is 1.80. The Morgan fingerprint density at radius 2 is 2.26 bits per heavy atom. The van der Waals surface area contributed by atoms with Crippen LogP contribution in [0.2, 0.25) is 0 Å². The fourth-order valence-electron chi connectivity index (χ4n) is 1.90. The smallest absolute Gasteiger partial charge is 0.220 e. The highest BCUT2D eigenvalue weighted by molar-refractivity contribution is 5.76. The normalized spacial score (nSPS) is 12.1. The third-order valence-corrected chi connectivity index (χ3v) is 3.07. The number of para-hydroxylation sites is 1. The van der Waals surface area contributed by atoms with Crippen molar-refractivity contribution < 1.29 is 4.79 Å². The Labute approximate surface area is 112 Å². The Hall–Kier alpha value is -2.30. The molecule has 2 rings (SSSR count). The molecule has 5 heteroatoms. The summed E-state index contributed by atoms with van der Waals surface area (Å²) in [6.45, 7) is 1.93. The summed E-state index contributed by atoms with van der Waals surface area (Å²) in [7, 11) is 0. The highest BCUT2D eigenvalue weighted by atomic mass is 16.1. The zero-order chi connectivity index (χ0) is 13.7. The van der Waals surface area contributed by atoms with Gasteiger partial charge in [-0.3, -0.25) is 9.89 Å². The van der Waals surface area contributed by atoms with Crippen molar-refractivity contribution in [3.63, 3.8) is 0 Å². The van der Waals surface area contributed by atoms with E-state index in [9.17, 15) is 4.79 Å². The Kier molecular flexibility index (Phi) is 4.18. The summed E-state index contributed by atoms with van der Waals surface area (Å²) >= 11 is 0. The molecule has 1 heterocycles. The van der Waals surface area contributed by atoms with Crippen LogP contribution in [0, 0.1) is 0 Å². The predicted molar refractivity (Wildman–Crippen MR) is 74.3 cm³/mol. The number of benzene rings is 1. The number of amides is 1. The highest BCUT2D eigenvalue weighted by Crippen LogP contribution is 2.13. The number of hydrogen-bond acceptors (Lipinski definition) is 3. The molecule has 1 unspecified atom stereocenters. The molecule has 1 amide bonds. The average molecular weight is 258 g/mol. The van der Waals surface area contributed by atoms with Crippen molar-refractivity contribution in [3.05, 3.63) is 47.8 Å². The molecule has 1 atom stereocenters. The van der Waals surface area contributed by atoms with Crippen molar-refractivity contribution in [2.75, 3.05) is 5.73 Å². The van der Waals surface area contributed by atoms with E-state index in [0.717, 1.165) is 16.8 Å². The molecule has 5 nitrogen and oxygen atoms in total. The van der Waals surface area contributed by atoms with Crippen LogP contribution in [-0.2, 0) is 11.2 Å². The van der Waals surface area contributed by atoms with E-state index >= 15 is 0 Å². The van der Waals surface area contributed by atoms with Gasteiger partial charge in [-0.1, -0.05) is 18.2 Å². The van der Waals surface area contributed by atoms with Crippen LogP contribution < -0.4 is 11.1 Å². The number of nitrogen functional groups attached to an aromatic ring is 1. The monoisotopic (exact) mass is 258 g/mol. The van der Waals surface area contributed by atoms with Crippen LogP contribution in [0.25, 0.3) is 0 Å². The average Bonchev–Trinajstić information content (AvgIpc) is 2.91. The molecule has 1 aromatic carbocycles. The molecule has 0 saturated carbocycles. The topological polar surface area (TPSA) is 83.8 Å². The summed E-state index contributed by atoms with van der Waals surface area (Å²) in [5, 5.41) is 9.53. The molecule has 1 aromatic heterocycles. The Bertz CT molecular complexity index is 536. The summed E-state index contributed by atoms with van der Waals surface area (Å²) in [5.74, 6) is 0.0111. The van der Waals surface area contributed by atoms with E-state index in [1.807, 2.05) is 31.2 Å². The lowest BCUT2D eigenvalue weighted by molar-refractivity contribution is -0.121. The first-order chi connectivity index (χ1) is 9.16. The molecule has 0 bridgehead atoms. The van der Waals surface area contributed by atoms with E-state index in [1.165, 1.54) is 0 Å². The minimum absolute atomic E-state index is 0.0111. The van der Waals surface area contributed by atoms with Gasteiger partial charge in [-0.05, 0) is 25.0 Å². The van der Waals surface area contributed by atoms with E-state index in [-0.39, 0.29) is 11.9 Å². The van der Waals surface area contributed by atoms with Crippen molar-refractivity contribution in [3.8, 4) is 0 Å². The number of aryl methyl sites for hydroxylation is 1. The quantitative estimate of drug-likeness (QED) is 0.715. The van der Waals surface area contributed by atoms with Crippen molar-refractivity contribution in [1.82, 2.24) is 15.5 Å². The van der Waals surface area contributed by atoms with Crippen LogP contribution in [0.15, 0.2) is 36.7 Å². The maximum atomic E-state index is 11.9. The zero-order valence-electron chi connectivity index (χ0n) is 10.9. The van der Waals surface area contributed by atoms with E-state index in [1.54, 1.807) is 12.4 Å². The van der Waals surface area contributed by atoms with Gasteiger partial charge in [0, 0.05) is 23.9 Å². The molecule has 0 saturated heterocycles. The van der Waals surface area contributed by atoms with Crippen molar-refractivity contribution >= 4 is 11.6 Å². The van der Waals surface area contributed by atoms with E-state index in [2.05, 4.69) is 15.5 Å². The Morgan fingerprint density at radius 3 is 2.95 bits per heavy atom. The maximum Gasteiger partial charge on any atom is 0.220 e. The molecule has 4 N–H and O–H groups in total. The molecular weight excluding hydrogens is 240 g/mol. The van der Waals surface area contributed by atoms with Gasteiger partial charge < -0.3 is 11.1 Å². The molecule has 19 heavy (non-hydrogen) atoms. The number of hydrogen-bond donors (Lipinski definition) is 3. The van der Waals surface area contributed by atoms with Crippen molar-refractivity contribution in [2.24, 2.45) is 0 Å². The Morgan fingerprint density at radius 1 is 1.47 bits per heavy atom. The van der Waals surface area contributed by atoms with Crippen molar-refractivity contribution in [2.45, 2.75) is 25.8 Å². The van der Waals surface area contributed by atoms with Gasteiger partial charge in [-0.15, -0.1) is 0 Å². The second-order valence-corrected chi connectivity index (χ2v) is 4.52. The number of nitrogens with one attached hydrogen (secondary N) is 2. The summed E-state index contributed by atoms with van der Waals surface area (Å²) < 4.78 is 0. The molecule has 0 radical (unpaired) electrons. The number of carbonyl (C=O) groups excluding carboxylic acids is 1. The highest BCUT2D eigenvalue weighted by Gasteiger charge is 2.10. The van der Waals surface area contributed by atoms with Gasteiger partial charge >= 0.3 is 0 Å². The van der Waals surface area contributed by atoms with Gasteiger partial charge in [0.25, 0.3) is 0 Å². The SMILES string of the molecule is CC(NC(=O)CCc1ccccc1N)c1cn[nH]c1. The van der Waals surface area contributed by atoms with Crippen molar-refractivity contribution in [1.29, 1.82) is 0 Å². The third kappa shape index (κ3) is 3.58. The third-order valence-electron chi connectivity index (χ3n) is 3.07. The summed E-state index contributed by atoms with van der Waals surface area (Å²) in [4.78, 5) is 11.9. The first kappa shape index (κ1) is 13.1. The first-order valence-electron chi connectivity index (χ1n) is 6.28. The fourth-order valence-corrected chi connectivity index (χ4v) is 1.90. The van der Waals surface area contributed by atoms with Gasteiger partial charge in [0.1, 0.15) is 0 Å². The number of carbonyl (C=O) groups is 1. The molecule has 0 aliphatic heterocycles. The molecule has 0 spiro atoms. The number of rotatable bonds is 5. The van der Waals surface area contributed by atoms with Gasteiger partial charge in [0.2, 0.25) is 5.91 Å². The minimum atomic E-state index is -0.0422. The summed E-state index contributed by atoms with van der Waals surface area (Å²) in [5.41, 5.74) is 8.55. The van der Waals surface area contributed by atoms with Crippen LogP contribution in [0.4, 0.5) is 5.69 Å². The number of aromatic nitrogens is 2. The van der Waals surface area contributed by atoms with Crippen LogP contribution in [0.3, 0.4) is 0 Å². The lowest BCUT2D eigenvalue weighted by atomic mass is 10.1. The molecular formula is C14H18N4O. The second-order valence-electron chi connectivity index (χ2n) is 4.52. The van der Waals surface area contributed by atoms with Gasteiger partial charge in [-0.2, -0.15) is 5.10 Å². The number of nitrogens with two attached hydrogens (primary N) is 1. The van der Waals surface area contributed by atoms with E-state index in [4.69, 9.17) is 5.73 Å². The van der Waals surface area contributed by atoms with E-state index in [0.29, 0.717) is 12.8 Å². The molecule has 0 fully saturated rings. The summed E-state index contributed by atoms with van der Waals surface area (Å²) in [6, 6.07) is 7.57. The van der Waals surface area contributed by atoms with E-state index < -0.39 is 0 Å². The van der Waals surface area contributed by atoms with Gasteiger partial charge in [0.15, 0.2) is 0 Å². The minimum Gasteiger partial charge on any atom is -0.399 e. The molecule has 2 aromatic rings. The second kappa shape index (κ2) is 6.04. The summed E-state index contributed by atoms with van der Waals surface area (Å²) in [6.07, 6.45) is 4.56. The first-order valence-corrected chi connectivity index (χ1v) is 6.28. The molecule has 100 valence electrons.